The monoisotopic (exact) mass is 443 g/mol. The van der Waals surface area contributed by atoms with Crippen molar-refractivity contribution in [1.29, 1.82) is 0 Å². The number of benzene rings is 2. The fraction of sp³-hybridized carbons (Fsp3) is 0.280. The average Bonchev–Trinajstić information content (AvgIpc) is 3.44. The van der Waals surface area contributed by atoms with Gasteiger partial charge in [0.2, 0.25) is 5.91 Å². The molecule has 3 heterocycles. The first-order valence-electron chi connectivity index (χ1n) is 11.2. The summed E-state index contributed by atoms with van der Waals surface area (Å²) in [6, 6.07) is 15.2. The zero-order chi connectivity index (χ0) is 23.1. The van der Waals surface area contributed by atoms with Crippen molar-refractivity contribution in [3.05, 3.63) is 71.0 Å². The molecule has 0 aliphatic carbocycles. The van der Waals surface area contributed by atoms with E-state index in [2.05, 4.69) is 5.10 Å². The summed E-state index contributed by atoms with van der Waals surface area (Å²) in [5.74, 6) is -0.745. The molecule has 33 heavy (non-hydrogen) atoms. The highest BCUT2D eigenvalue weighted by molar-refractivity contribution is 6.09. The molecule has 0 spiro atoms. The molecule has 2 aliphatic rings. The topological polar surface area (TPSA) is 102 Å². The van der Waals surface area contributed by atoms with Crippen LogP contribution in [0.15, 0.2) is 48.5 Å². The van der Waals surface area contributed by atoms with Crippen molar-refractivity contribution in [3.63, 3.8) is 0 Å². The molecule has 168 valence electrons. The van der Waals surface area contributed by atoms with Crippen LogP contribution in [0.1, 0.15) is 51.9 Å². The number of rotatable bonds is 5. The first-order chi connectivity index (χ1) is 16.0. The third-order valence-corrected chi connectivity index (χ3v) is 6.40. The zero-order valence-corrected chi connectivity index (χ0v) is 18.5. The van der Waals surface area contributed by atoms with Crippen molar-refractivity contribution in [2.24, 2.45) is 5.73 Å². The lowest BCUT2D eigenvalue weighted by atomic mass is 10.0. The van der Waals surface area contributed by atoms with Gasteiger partial charge >= 0.3 is 0 Å². The Hall–Kier alpha value is -3.94. The Morgan fingerprint density at radius 1 is 0.970 bits per heavy atom. The standard InChI is InChI=1S/C25H25N5O3/c1-2-16-6-3-4-7-20(16)30-23-19(22(27-30)24(26)32)13-15-29(25(23)33)18-11-9-17(10-12-18)28-14-5-8-21(28)31/h3-4,6-7,9-12H,2,5,8,13-15H2,1H3,(H2,26,32). The summed E-state index contributed by atoms with van der Waals surface area (Å²) in [5.41, 5.74) is 10.1. The third kappa shape index (κ3) is 3.47. The molecule has 1 saturated heterocycles. The molecule has 3 aromatic rings. The number of fused-ring (bicyclic) bond motifs is 1. The number of aromatic nitrogens is 2. The number of hydrogen-bond donors (Lipinski definition) is 1. The van der Waals surface area contributed by atoms with E-state index >= 15 is 0 Å². The number of carbonyl (C=O) groups excluding carboxylic acids is 3. The molecular formula is C25H25N5O3. The van der Waals surface area contributed by atoms with Crippen molar-refractivity contribution < 1.29 is 14.4 Å². The molecule has 2 N–H and O–H groups in total. The van der Waals surface area contributed by atoms with Crippen LogP contribution in [0.3, 0.4) is 0 Å². The fourth-order valence-corrected chi connectivity index (χ4v) is 4.73. The van der Waals surface area contributed by atoms with Crippen molar-refractivity contribution >= 4 is 29.1 Å². The van der Waals surface area contributed by atoms with Gasteiger partial charge in [-0.2, -0.15) is 5.10 Å². The summed E-state index contributed by atoms with van der Waals surface area (Å²) < 4.78 is 1.57. The Labute approximate surface area is 191 Å². The quantitative estimate of drug-likeness (QED) is 0.655. The smallest absolute Gasteiger partial charge is 0.277 e. The van der Waals surface area contributed by atoms with E-state index in [1.165, 1.54) is 0 Å². The van der Waals surface area contributed by atoms with E-state index in [0.29, 0.717) is 30.6 Å². The van der Waals surface area contributed by atoms with Gasteiger partial charge in [-0.15, -0.1) is 0 Å². The van der Waals surface area contributed by atoms with Crippen LogP contribution in [0.5, 0.6) is 0 Å². The number of anilines is 2. The minimum absolute atomic E-state index is 0.124. The minimum atomic E-state index is -0.639. The summed E-state index contributed by atoms with van der Waals surface area (Å²) in [4.78, 5) is 41.3. The summed E-state index contributed by atoms with van der Waals surface area (Å²) in [6.45, 7) is 3.16. The first kappa shape index (κ1) is 20.9. The Morgan fingerprint density at radius 3 is 2.30 bits per heavy atom. The van der Waals surface area contributed by atoms with Crippen LogP contribution in [0.4, 0.5) is 11.4 Å². The Bertz CT molecular complexity index is 1260. The lowest BCUT2D eigenvalue weighted by molar-refractivity contribution is -0.117. The maximum atomic E-state index is 13.7. The molecule has 2 aliphatic heterocycles. The molecule has 2 aromatic carbocycles. The van der Waals surface area contributed by atoms with E-state index in [9.17, 15) is 14.4 Å². The van der Waals surface area contributed by atoms with Gasteiger partial charge in [-0.3, -0.25) is 14.4 Å². The van der Waals surface area contributed by atoms with Gasteiger partial charge in [0.25, 0.3) is 11.8 Å². The van der Waals surface area contributed by atoms with Crippen LogP contribution in [0.2, 0.25) is 0 Å². The number of primary amides is 1. The highest BCUT2D eigenvalue weighted by atomic mass is 16.2. The SMILES string of the molecule is CCc1ccccc1-n1nc(C(N)=O)c2c1C(=O)N(c1ccc(N3CCCC3=O)cc1)CC2. The maximum Gasteiger partial charge on any atom is 0.277 e. The van der Waals surface area contributed by atoms with Crippen LogP contribution in [-0.4, -0.2) is 40.6 Å². The van der Waals surface area contributed by atoms with Gasteiger partial charge in [-0.1, -0.05) is 25.1 Å². The second-order valence-electron chi connectivity index (χ2n) is 8.31. The van der Waals surface area contributed by atoms with Gasteiger partial charge in [0, 0.05) is 36.4 Å². The van der Waals surface area contributed by atoms with Crippen LogP contribution < -0.4 is 15.5 Å². The molecule has 0 radical (unpaired) electrons. The second-order valence-corrected chi connectivity index (χ2v) is 8.31. The molecule has 8 heteroatoms. The molecular weight excluding hydrogens is 418 g/mol. The summed E-state index contributed by atoms with van der Waals surface area (Å²) >= 11 is 0. The maximum absolute atomic E-state index is 13.7. The number of nitrogens with two attached hydrogens (primary N) is 1. The van der Waals surface area contributed by atoms with E-state index in [-0.39, 0.29) is 17.5 Å². The average molecular weight is 444 g/mol. The molecule has 0 unspecified atom stereocenters. The fourth-order valence-electron chi connectivity index (χ4n) is 4.73. The van der Waals surface area contributed by atoms with Crippen molar-refractivity contribution in [1.82, 2.24) is 9.78 Å². The number of amides is 3. The van der Waals surface area contributed by atoms with Gasteiger partial charge in [-0.05, 0) is 55.2 Å². The third-order valence-electron chi connectivity index (χ3n) is 6.40. The molecule has 8 nitrogen and oxygen atoms in total. The number of hydrogen-bond acceptors (Lipinski definition) is 4. The van der Waals surface area contributed by atoms with Crippen LogP contribution in [0.25, 0.3) is 5.69 Å². The molecule has 1 fully saturated rings. The zero-order valence-electron chi connectivity index (χ0n) is 18.5. The minimum Gasteiger partial charge on any atom is -0.364 e. The molecule has 0 bridgehead atoms. The highest BCUT2D eigenvalue weighted by Crippen LogP contribution is 2.31. The van der Waals surface area contributed by atoms with Gasteiger partial charge in [0.1, 0.15) is 5.69 Å². The Balaban J connectivity index is 1.54. The lowest BCUT2D eigenvalue weighted by Gasteiger charge is -2.28. The molecule has 0 saturated carbocycles. The summed E-state index contributed by atoms with van der Waals surface area (Å²) in [6.07, 6.45) is 2.66. The van der Waals surface area contributed by atoms with E-state index < -0.39 is 5.91 Å². The predicted octanol–water partition coefficient (Wildman–Crippen LogP) is 2.86. The van der Waals surface area contributed by atoms with Crippen molar-refractivity contribution in [2.75, 3.05) is 22.9 Å². The molecule has 5 rings (SSSR count). The summed E-state index contributed by atoms with van der Waals surface area (Å²) in [7, 11) is 0. The normalized spacial score (nSPS) is 15.8. The Morgan fingerprint density at radius 2 is 1.67 bits per heavy atom. The number of aryl methyl sites for hydroxylation is 1. The number of nitrogens with zero attached hydrogens (tertiary/aromatic N) is 4. The number of carbonyl (C=O) groups is 3. The van der Waals surface area contributed by atoms with E-state index in [1.54, 1.807) is 14.5 Å². The van der Waals surface area contributed by atoms with Crippen molar-refractivity contribution in [2.45, 2.75) is 32.6 Å². The van der Waals surface area contributed by atoms with E-state index in [0.717, 1.165) is 42.0 Å². The summed E-state index contributed by atoms with van der Waals surface area (Å²) in [5, 5.41) is 4.47. The largest absolute Gasteiger partial charge is 0.364 e. The molecule has 0 atom stereocenters. The highest BCUT2D eigenvalue weighted by Gasteiger charge is 2.35. The van der Waals surface area contributed by atoms with Gasteiger partial charge in [-0.25, -0.2) is 4.68 Å². The van der Waals surface area contributed by atoms with Crippen LogP contribution >= 0.6 is 0 Å². The van der Waals surface area contributed by atoms with Gasteiger partial charge in [0.15, 0.2) is 5.69 Å². The van der Waals surface area contributed by atoms with Crippen LogP contribution in [0, 0.1) is 0 Å². The predicted molar refractivity (Wildman–Crippen MR) is 125 cm³/mol. The molecule has 3 amide bonds. The van der Waals surface area contributed by atoms with E-state index in [4.69, 9.17) is 5.73 Å². The van der Waals surface area contributed by atoms with Crippen molar-refractivity contribution in [3.8, 4) is 5.69 Å². The lowest BCUT2D eigenvalue weighted by Crippen LogP contribution is -2.39. The van der Waals surface area contributed by atoms with E-state index in [1.807, 2.05) is 55.5 Å². The van der Waals surface area contributed by atoms with Gasteiger partial charge < -0.3 is 15.5 Å². The van der Waals surface area contributed by atoms with Crippen LogP contribution in [-0.2, 0) is 17.6 Å². The molecule has 1 aromatic heterocycles. The van der Waals surface area contributed by atoms with Gasteiger partial charge in [0.05, 0.1) is 5.69 Å². The Kier molecular flexibility index (Phi) is 5.20. The second kappa shape index (κ2) is 8.20. The first-order valence-corrected chi connectivity index (χ1v) is 11.2. The number of para-hydroxylation sites is 1.